The van der Waals surface area contributed by atoms with E-state index in [1.54, 1.807) is 7.11 Å². The molecule has 0 fully saturated rings. The van der Waals surface area contributed by atoms with Crippen molar-refractivity contribution in [2.24, 2.45) is 0 Å². The van der Waals surface area contributed by atoms with Crippen LogP contribution in [0, 0.1) is 6.92 Å². The standard InChI is InChI=1S/C17H22N2O/c1-13-8-9-16(18)15(10-13)12-19(2)11-14-6-4-5-7-17(14)20-3/h4-10H,11-12,18H2,1-3H3. The summed E-state index contributed by atoms with van der Waals surface area (Å²) in [7, 11) is 3.80. The van der Waals surface area contributed by atoms with Gasteiger partial charge in [0.2, 0.25) is 0 Å². The predicted molar refractivity (Wildman–Crippen MR) is 83.8 cm³/mol. The number of hydrogen-bond donors (Lipinski definition) is 1. The van der Waals surface area contributed by atoms with E-state index < -0.39 is 0 Å². The number of anilines is 1. The van der Waals surface area contributed by atoms with Gasteiger partial charge in [0.15, 0.2) is 0 Å². The summed E-state index contributed by atoms with van der Waals surface area (Å²) < 4.78 is 5.39. The van der Waals surface area contributed by atoms with Crippen LogP contribution in [0.1, 0.15) is 16.7 Å². The summed E-state index contributed by atoms with van der Waals surface area (Å²) in [6, 6.07) is 14.3. The molecule has 106 valence electrons. The van der Waals surface area contributed by atoms with Crippen LogP contribution in [0.2, 0.25) is 0 Å². The number of nitrogens with zero attached hydrogens (tertiary/aromatic N) is 1. The molecule has 2 rings (SSSR count). The summed E-state index contributed by atoms with van der Waals surface area (Å²) >= 11 is 0. The average Bonchev–Trinajstić information content (AvgIpc) is 2.43. The second-order valence-corrected chi connectivity index (χ2v) is 5.19. The van der Waals surface area contributed by atoms with Crippen LogP contribution in [-0.4, -0.2) is 19.1 Å². The number of rotatable bonds is 5. The Labute approximate surface area is 121 Å². The monoisotopic (exact) mass is 270 g/mol. The molecule has 0 heterocycles. The minimum Gasteiger partial charge on any atom is -0.496 e. The highest BCUT2D eigenvalue weighted by molar-refractivity contribution is 5.48. The van der Waals surface area contributed by atoms with Gasteiger partial charge in [-0.2, -0.15) is 0 Å². The molecule has 0 saturated carbocycles. The summed E-state index contributed by atoms with van der Waals surface area (Å²) in [5.41, 5.74) is 10.5. The molecule has 0 saturated heterocycles. The highest BCUT2D eigenvalue weighted by Gasteiger charge is 2.08. The quantitative estimate of drug-likeness (QED) is 0.848. The van der Waals surface area contributed by atoms with E-state index in [9.17, 15) is 0 Å². The van der Waals surface area contributed by atoms with Crippen molar-refractivity contribution in [1.82, 2.24) is 4.90 Å². The van der Waals surface area contributed by atoms with Crippen molar-refractivity contribution < 1.29 is 4.74 Å². The molecular weight excluding hydrogens is 248 g/mol. The molecule has 0 amide bonds. The SMILES string of the molecule is COc1ccccc1CN(C)Cc1cc(C)ccc1N. The lowest BCUT2D eigenvalue weighted by atomic mass is 10.1. The number of nitrogens with two attached hydrogens (primary N) is 1. The van der Waals surface area contributed by atoms with Crippen LogP contribution >= 0.6 is 0 Å². The molecule has 2 aromatic rings. The number of aryl methyl sites for hydroxylation is 1. The maximum absolute atomic E-state index is 6.04. The third-order valence-corrected chi connectivity index (χ3v) is 3.37. The molecule has 3 heteroatoms. The van der Waals surface area contributed by atoms with E-state index in [-0.39, 0.29) is 0 Å². The van der Waals surface area contributed by atoms with Gasteiger partial charge in [-0.05, 0) is 31.7 Å². The Balaban J connectivity index is 2.09. The van der Waals surface area contributed by atoms with Gasteiger partial charge in [-0.25, -0.2) is 0 Å². The van der Waals surface area contributed by atoms with Crippen LogP contribution in [-0.2, 0) is 13.1 Å². The summed E-state index contributed by atoms with van der Waals surface area (Å²) in [6.07, 6.45) is 0. The Kier molecular flexibility index (Phi) is 4.64. The lowest BCUT2D eigenvalue weighted by molar-refractivity contribution is 0.310. The van der Waals surface area contributed by atoms with Crippen molar-refractivity contribution in [3.63, 3.8) is 0 Å². The van der Waals surface area contributed by atoms with Crippen molar-refractivity contribution in [3.05, 3.63) is 59.2 Å². The lowest BCUT2D eigenvalue weighted by Gasteiger charge is -2.19. The zero-order valence-electron chi connectivity index (χ0n) is 12.4. The number of benzene rings is 2. The third kappa shape index (κ3) is 3.52. The molecule has 0 atom stereocenters. The van der Waals surface area contributed by atoms with Crippen molar-refractivity contribution >= 4 is 5.69 Å². The van der Waals surface area contributed by atoms with Gasteiger partial charge in [-0.15, -0.1) is 0 Å². The fourth-order valence-corrected chi connectivity index (χ4v) is 2.34. The summed E-state index contributed by atoms with van der Waals surface area (Å²) in [5.74, 6) is 0.927. The molecule has 0 bridgehead atoms. The molecular formula is C17H22N2O. The van der Waals surface area contributed by atoms with Crippen LogP contribution in [0.4, 0.5) is 5.69 Å². The first-order valence-corrected chi connectivity index (χ1v) is 6.75. The fourth-order valence-electron chi connectivity index (χ4n) is 2.34. The maximum Gasteiger partial charge on any atom is 0.123 e. The van der Waals surface area contributed by atoms with E-state index in [1.165, 1.54) is 16.7 Å². The summed E-state index contributed by atoms with van der Waals surface area (Å²) in [6.45, 7) is 3.74. The molecule has 0 aliphatic carbocycles. The minimum atomic E-state index is 0.825. The molecule has 2 aromatic carbocycles. The van der Waals surface area contributed by atoms with Gasteiger partial charge in [-0.3, -0.25) is 4.90 Å². The average molecular weight is 270 g/mol. The second kappa shape index (κ2) is 6.44. The Morgan fingerprint density at radius 2 is 1.75 bits per heavy atom. The van der Waals surface area contributed by atoms with Crippen molar-refractivity contribution in [3.8, 4) is 5.75 Å². The third-order valence-electron chi connectivity index (χ3n) is 3.37. The van der Waals surface area contributed by atoms with Crippen LogP contribution in [0.5, 0.6) is 5.75 Å². The number of nitrogen functional groups attached to an aromatic ring is 1. The van der Waals surface area contributed by atoms with Crippen molar-refractivity contribution in [2.75, 3.05) is 19.9 Å². The zero-order valence-corrected chi connectivity index (χ0v) is 12.4. The van der Waals surface area contributed by atoms with Gasteiger partial charge in [0.1, 0.15) is 5.75 Å². The lowest BCUT2D eigenvalue weighted by Crippen LogP contribution is -2.18. The Bertz CT molecular complexity index is 581. The van der Waals surface area contributed by atoms with Crippen LogP contribution in [0.3, 0.4) is 0 Å². The first kappa shape index (κ1) is 14.4. The highest BCUT2D eigenvalue weighted by atomic mass is 16.5. The molecule has 0 aliphatic heterocycles. The summed E-state index contributed by atoms with van der Waals surface area (Å²) in [5, 5.41) is 0. The largest absolute Gasteiger partial charge is 0.496 e. The van der Waals surface area contributed by atoms with E-state index in [4.69, 9.17) is 10.5 Å². The first-order valence-electron chi connectivity index (χ1n) is 6.75. The van der Waals surface area contributed by atoms with Gasteiger partial charge in [0.25, 0.3) is 0 Å². The van der Waals surface area contributed by atoms with Crippen LogP contribution in [0.25, 0.3) is 0 Å². The fraction of sp³-hybridized carbons (Fsp3) is 0.294. The Morgan fingerprint density at radius 3 is 2.50 bits per heavy atom. The van der Waals surface area contributed by atoms with Crippen molar-refractivity contribution in [1.29, 1.82) is 0 Å². The van der Waals surface area contributed by atoms with Gasteiger partial charge in [-0.1, -0.05) is 35.9 Å². The van der Waals surface area contributed by atoms with Gasteiger partial charge in [0.05, 0.1) is 7.11 Å². The number of hydrogen-bond acceptors (Lipinski definition) is 3. The number of methoxy groups -OCH3 is 1. The first-order chi connectivity index (χ1) is 9.60. The molecule has 2 N–H and O–H groups in total. The second-order valence-electron chi connectivity index (χ2n) is 5.19. The van der Waals surface area contributed by atoms with E-state index in [1.807, 2.05) is 30.3 Å². The normalized spacial score (nSPS) is 10.8. The van der Waals surface area contributed by atoms with E-state index in [0.29, 0.717) is 0 Å². The van der Waals surface area contributed by atoms with E-state index in [2.05, 4.69) is 31.0 Å². The maximum atomic E-state index is 6.04. The van der Waals surface area contributed by atoms with E-state index in [0.717, 1.165) is 24.5 Å². The minimum absolute atomic E-state index is 0.825. The number of ether oxygens (including phenoxy) is 1. The number of para-hydroxylation sites is 1. The Hall–Kier alpha value is -2.00. The van der Waals surface area contributed by atoms with Gasteiger partial charge < -0.3 is 10.5 Å². The smallest absolute Gasteiger partial charge is 0.123 e. The van der Waals surface area contributed by atoms with Crippen molar-refractivity contribution in [2.45, 2.75) is 20.0 Å². The van der Waals surface area contributed by atoms with Crippen LogP contribution < -0.4 is 10.5 Å². The zero-order chi connectivity index (χ0) is 14.5. The summed E-state index contributed by atoms with van der Waals surface area (Å²) in [4.78, 5) is 2.24. The topological polar surface area (TPSA) is 38.5 Å². The molecule has 0 spiro atoms. The highest BCUT2D eigenvalue weighted by Crippen LogP contribution is 2.21. The molecule has 0 radical (unpaired) electrons. The molecule has 0 aliphatic rings. The molecule has 20 heavy (non-hydrogen) atoms. The van der Waals surface area contributed by atoms with Gasteiger partial charge in [0, 0.05) is 24.3 Å². The molecule has 0 aromatic heterocycles. The molecule has 3 nitrogen and oxygen atoms in total. The molecule has 0 unspecified atom stereocenters. The predicted octanol–water partition coefficient (Wildman–Crippen LogP) is 3.22. The Morgan fingerprint density at radius 1 is 1.05 bits per heavy atom. The van der Waals surface area contributed by atoms with Crippen LogP contribution in [0.15, 0.2) is 42.5 Å². The van der Waals surface area contributed by atoms with E-state index >= 15 is 0 Å². The van der Waals surface area contributed by atoms with Gasteiger partial charge >= 0.3 is 0 Å².